The molecule has 1 aromatic heterocycles. The Morgan fingerprint density at radius 3 is 2.72 bits per heavy atom. The number of nitrogens with one attached hydrogen (secondary N) is 1. The maximum absolute atomic E-state index is 11.5. The minimum atomic E-state index is -0.291. The first-order chi connectivity index (χ1) is 14.1. The van der Waals surface area contributed by atoms with Crippen LogP contribution < -0.4 is 14.9 Å². The van der Waals surface area contributed by atoms with Crippen LogP contribution in [0, 0.1) is 0 Å². The van der Waals surface area contributed by atoms with E-state index in [1.807, 2.05) is 32.1 Å². The second-order valence-electron chi connectivity index (χ2n) is 5.86. The van der Waals surface area contributed by atoms with Crippen molar-refractivity contribution in [3.63, 3.8) is 0 Å². The van der Waals surface area contributed by atoms with E-state index in [2.05, 4.69) is 22.1 Å². The van der Waals surface area contributed by atoms with E-state index in [0.717, 1.165) is 16.9 Å². The summed E-state index contributed by atoms with van der Waals surface area (Å²) in [4.78, 5) is 15.9. The summed E-state index contributed by atoms with van der Waals surface area (Å²) in [6.45, 7) is 10.9. The van der Waals surface area contributed by atoms with E-state index in [9.17, 15) is 4.79 Å². The number of carbonyl (C=O) groups is 1. The van der Waals surface area contributed by atoms with E-state index in [0.29, 0.717) is 42.8 Å². The lowest BCUT2D eigenvalue weighted by atomic mass is 10.1. The molecular weight excluding hydrogens is 390 g/mol. The van der Waals surface area contributed by atoms with Crippen LogP contribution >= 0.6 is 11.3 Å². The van der Waals surface area contributed by atoms with Crippen molar-refractivity contribution >= 4 is 28.7 Å². The molecule has 156 valence electrons. The molecule has 0 unspecified atom stereocenters. The first kappa shape index (κ1) is 22.4. The summed E-state index contributed by atoms with van der Waals surface area (Å²) in [5.41, 5.74) is 5.40. The number of ether oxygens (including phenoxy) is 3. The van der Waals surface area contributed by atoms with Gasteiger partial charge in [0.2, 0.25) is 5.13 Å². The standard InChI is InChI=1S/C21H27N3O4S/c1-5-9-16-10-15(11-18(26-6-2)20(16)28-8-4)13-22-24-21-23-17(14-29-21)12-19(25)27-7-3/h5,10-11,13-14H,1,6-9,12H2,2-4H3,(H,23,24). The van der Waals surface area contributed by atoms with Crippen LogP contribution in [-0.2, 0) is 22.4 Å². The molecule has 0 bridgehead atoms. The molecule has 0 radical (unpaired) electrons. The Morgan fingerprint density at radius 1 is 1.24 bits per heavy atom. The Hall–Kier alpha value is -2.87. The normalized spacial score (nSPS) is 10.7. The summed E-state index contributed by atoms with van der Waals surface area (Å²) < 4.78 is 16.5. The van der Waals surface area contributed by atoms with Crippen LogP contribution in [0.5, 0.6) is 11.5 Å². The van der Waals surface area contributed by atoms with Crippen LogP contribution in [0.4, 0.5) is 5.13 Å². The molecule has 0 saturated heterocycles. The second kappa shape index (κ2) is 11.9. The van der Waals surface area contributed by atoms with E-state index < -0.39 is 0 Å². The lowest BCUT2D eigenvalue weighted by Gasteiger charge is -2.15. The Balaban J connectivity index is 2.12. The number of carbonyl (C=O) groups excluding carboxylic acids is 1. The van der Waals surface area contributed by atoms with Gasteiger partial charge in [-0.1, -0.05) is 6.08 Å². The monoisotopic (exact) mass is 417 g/mol. The fourth-order valence-electron chi connectivity index (χ4n) is 2.60. The zero-order valence-corrected chi connectivity index (χ0v) is 17.9. The topological polar surface area (TPSA) is 82.0 Å². The molecule has 8 heteroatoms. The molecule has 0 fully saturated rings. The lowest BCUT2D eigenvalue weighted by Crippen LogP contribution is -2.07. The third-order valence-corrected chi connectivity index (χ3v) is 4.46. The fraction of sp³-hybridized carbons (Fsp3) is 0.381. The summed E-state index contributed by atoms with van der Waals surface area (Å²) in [5, 5.41) is 6.66. The molecule has 0 saturated carbocycles. The minimum absolute atomic E-state index is 0.150. The van der Waals surface area contributed by atoms with Crippen molar-refractivity contribution in [1.82, 2.24) is 4.98 Å². The van der Waals surface area contributed by atoms with E-state index in [-0.39, 0.29) is 12.4 Å². The Kier molecular flexibility index (Phi) is 9.17. The highest BCUT2D eigenvalue weighted by Crippen LogP contribution is 2.33. The average molecular weight is 418 g/mol. The summed E-state index contributed by atoms with van der Waals surface area (Å²) >= 11 is 1.37. The average Bonchev–Trinajstić information content (AvgIpc) is 3.12. The highest BCUT2D eigenvalue weighted by Gasteiger charge is 2.12. The fourth-order valence-corrected chi connectivity index (χ4v) is 3.26. The van der Waals surface area contributed by atoms with Crippen molar-refractivity contribution in [1.29, 1.82) is 0 Å². The largest absolute Gasteiger partial charge is 0.490 e. The maximum Gasteiger partial charge on any atom is 0.311 e. The van der Waals surface area contributed by atoms with Gasteiger partial charge < -0.3 is 14.2 Å². The molecule has 2 rings (SSSR count). The predicted molar refractivity (Wildman–Crippen MR) is 116 cm³/mol. The SMILES string of the molecule is C=CCc1cc(C=NNc2nc(CC(=O)OCC)cs2)cc(OCC)c1OCC. The molecule has 1 N–H and O–H groups in total. The molecule has 0 aliphatic rings. The number of hydrogen-bond donors (Lipinski definition) is 1. The minimum Gasteiger partial charge on any atom is -0.490 e. The number of hydrazone groups is 1. The van der Waals surface area contributed by atoms with Crippen LogP contribution in [0.25, 0.3) is 0 Å². The van der Waals surface area contributed by atoms with Crippen molar-refractivity contribution in [2.75, 3.05) is 25.2 Å². The van der Waals surface area contributed by atoms with E-state index >= 15 is 0 Å². The van der Waals surface area contributed by atoms with Crippen LogP contribution in [0.15, 0.2) is 35.3 Å². The van der Waals surface area contributed by atoms with E-state index in [4.69, 9.17) is 14.2 Å². The van der Waals surface area contributed by atoms with Crippen molar-refractivity contribution in [3.05, 3.63) is 47.0 Å². The number of hydrogen-bond acceptors (Lipinski definition) is 8. The van der Waals surface area contributed by atoms with Gasteiger partial charge in [-0.25, -0.2) is 4.98 Å². The van der Waals surface area contributed by atoms with Gasteiger partial charge in [-0.3, -0.25) is 10.2 Å². The molecular formula is C21H27N3O4S. The number of allylic oxidation sites excluding steroid dienone is 1. The van der Waals surface area contributed by atoms with Gasteiger partial charge in [-0.2, -0.15) is 5.10 Å². The molecule has 7 nitrogen and oxygen atoms in total. The van der Waals surface area contributed by atoms with E-state index in [1.165, 1.54) is 11.3 Å². The third-order valence-electron chi connectivity index (χ3n) is 3.66. The predicted octanol–water partition coefficient (Wildman–Crippen LogP) is 4.22. The number of esters is 1. The molecule has 0 aliphatic carbocycles. The van der Waals surface area contributed by atoms with Crippen molar-refractivity contribution in [2.45, 2.75) is 33.6 Å². The maximum atomic E-state index is 11.5. The van der Waals surface area contributed by atoms with Crippen LogP contribution in [0.2, 0.25) is 0 Å². The van der Waals surface area contributed by atoms with Gasteiger partial charge in [-0.05, 0) is 44.9 Å². The summed E-state index contributed by atoms with van der Waals surface area (Å²) in [6, 6.07) is 3.88. The van der Waals surface area contributed by atoms with Gasteiger partial charge >= 0.3 is 5.97 Å². The van der Waals surface area contributed by atoms with Gasteiger partial charge in [0.05, 0.1) is 38.1 Å². The van der Waals surface area contributed by atoms with Crippen LogP contribution in [0.3, 0.4) is 0 Å². The Labute approximate surface area is 175 Å². The van der Waals surface area contributed by atoms with Gasteiger partial charge in [0, 0.05) is 10.9 Å². The van der Waals surface area contributed by atoms with Crippen molar-refractivity contribution in [2.24, 2.45) is 5.10 Å². The molecule has 0 atom stereocenters. The van der Waals surface area contributed by atoms with E-state index in [1.54, 1.807) is 18.5 Å². The van der Waals surface area contributed by atoms with Gasteiger partial charge in [0.1, 0.15) is 0 Å². The third kappa shape index (κ3) is 6.90. The Morgan fingerprint density at radius 2 is 2.03 bits per heavy atom. The molecule has 29 heavy (non-hydrogen) atoms. The zero-order chi connectivity index (χ0) is 21.1. The molecule has 2 aromatic rings. The summed E-state index contributed by atoms with van der Waals surface area (Å²) in [5.74, 6) is 1.13. The molecule has 1 aromatic carbocycles. The number of aromatic nitrogens is 1. The van der Waals surface area contributed by atoms with Crippen molar-refractivity contribution < 1.29 is 19.0 Å². The number of nitrogens with zero attached hydrogens (tertiary/aromatic N) is 2. The van der Waals surface area contributed by atoms with Gasteiger partial charge in [-0.15, -0.1) is 17.9 Å². The molecule has 0 amide bonds. The Bertz CT molecular complexity index is 848. The van der Waals surface area contributed by atoms with Gasteiger partial charge in [0.15, 0.2) is 11.5 Å². The van der Waals surface area contributed by atoms with Crippen LogP contribution in [-0.4, -0.2) is 37.0 Å². The van der Waals surface area contributed by atoms with Crippen LogP contribution in [0.1, 0.15) is 37.6 Å². The van der Waals surface area contributed by atoms with Crippen molar-refractivity contribution in [3.8, 4) is 11.5 Å². The van der Waals surface area contributed by atoms with Gasteiger partial charge in [0.25, 0.3) is 0 Å². The molecule has 1 heterocycles. The first-order valence-corrected chi connectivity index (χ1v) is 10.4. The second-order valence-corrected chi connectivity index (χ2v) is 6.72. The zero-order valence-electron chi connectivity index (χ0n) is 17.1. The summed E-state index contributed by atoms with van der Waals surface area (Å²) in [7, 11) is 0. The number of thiazole rings is 1. The number of rotatable bonds is 12. The quantitative estimate of drug-likeness (QED) is 0.241. The lowest BCUT2D eigenvalue weighted by molar-refractivity contribution is -0.142. The molecule has 0 spiro atoms. The smallest absolute Gasteiger partial charge is 0.311 e. The number of anilines is 1. The summed E-state index contributed by atoms with van der Waals surface area (Å²) in [6.07, 6.45) is 4.33. The highest BCUT2D eigenvalue weighted by atomic mass is 32.1. The number of benzene rings is 1. The highest BCUT2D eigenvalue weighted by molar-refractivity contribution is 7.13. The molecule has 0 aliphatic heterocycles. The first-order valence-electron chi connectivity index (χ1n) is 9.53.